The quantitative estimate of drug-likeness (QED) is 0.145. The minimum atomic E-state index is -0.860. The third-order valence-electron chi connectivity index (χ3n) is 6.25. The Kier molecular flexibility index (Phi) is 9.64. The monoisotopic (exact) mass is 718 g/mol. The van der Waals surface area contributed by atoms with Crippen LogP contribution in [0.3, 0.4) is 0 Å². The van der Waals surface area contributed by atoms with Gasteiger partial charge in [0, 0.05) is 15.6 Å². The normalized spacial score (nSPS) is 14.2. The van der Waals surface area contributed by atoms with Crippen molar-refractivity contribution < 1.29 is 23.9 Å². The van der Waals surface area contributed by atoms with E-state index >= 15 is 0 Å². The summed E-state index contributed by atoms with van der Waals surface area (Å²) in [5.41, 5.74) is 2.14. The van der Waals surface area contributed by atoms with Crippen LogP contribution in [-0.2, 0) is 22.8 Å². The number of carbonyl (C=O) groups is 3. The van der Waals surface area contributed by atoms with E-state index < -0.39 is 17.8 Å². The maximum absolute atomic E-state index is 13.3. The zero-order valence-electron chi connectivity index (χ0n) is 21.9. The van der Waals surface area contributed by atoms with Crippen molar-refractivity contribution in [3.63, 3.8) is 0 Å². The average Bonchev–Trinajstić information content (AvgIpc) is 2.97. The van der Waals surface area contributed by atoms with Gasteiger partial charge in [-0.3, -0.25) is 14.9 Å². The second-order valence-corrected chi connectivity index (χ2v) is 11.7. The van der Waals surface area contributed by atoms with Crippen LogP contribution in [0.4, 0.5) is 10.5 Å². The second kappa shape index (κ2) is 13.4. The van der Waals surface area contributed by atoms with Crippen LogP contribution in [0, 0.1) is 0 Å². The van der Waals surface area contributed by atoms with E-state index in [9.17, 15) is 14.4 Å². The number of amides is 4. The van der Waals surface area contributed by atoms with Gasteiger partial charge in [0.1, 0.15) is 30.3 Å². The molecule has 4 amide bonds. The summed E-state index contributed by atoms with van der Waals surface area (Å²) in [4.78, 5) is 39.5. The predicted octanol–water partition coefficient (Wildman–Crippen LogP) is 8.89. The number of halogens is 5. The smallest absolute Gasteiger partial charge is 0.335 e. The molecule has 0 aliphatic carbocycles. The van der Waals surface area contributed by atoms with Crippen molar-refractivity contribution in [2.45, 2.75) is 13.2 Å². The van der Waals surface area contributed by atoms with E-state index in [1.165, 1.54) is 6.08 Å². The van der Waals surface area contributed by atoms with Gasteiger partial charge in [0.25, 0.3) is 11.8 Å². The van der Waals surface area contributed by atoms with E-state index in [4.69, 9.17) is 55.9 Å². The first kappa shape index (κ1) is 30.9. The lowest BCUT2D eigenvalue weighted by atomic mass is 10.1. The molecule has 0 atom stereocenters. The van der Waals surface area contributed by atoms with E-state index in [1.807, 2.05) is 0 Å². The van der Waals surface area contributed by atoms with Crippen LogP contribution in [0.2, 0.25) is 20.1 Å². The van der Waals surface area contributed by atoms with E-state index in [0.29, 0.717) is 41.6 Å². The number of urea groups is 1. The number of benzene rings is 4. The summed E-state index contributed by atoms with van der Waals surface area (Å²) >= 11 is 27.6. The summed E-state index contributed by atoms with van der Waals surface area (Å²) in [6.07, 6.45) is 1.40. The Morgan fingerprint density at radius 3 is 2.23 bits per heavy atom. The van der Waals surface area contributed by atoms with Crippen LogP contribution in [0.5, 0.6) is 11.5 Å². The van der Waals surface area contributed by atoms with Gasteiger partial charge in [0.2, 0.25) is 0 Å². The first-order valence-electron chi connectivity index (χ1n) is 12.5. The molecule has 1 aliphatic rings. The van der Waals surface area contributed by atoms with E-state index in [0.717, 1.165) is 16.0 Å². The van der Waals surface area contributed by atoms with Crippen molar-refractivity contribution in [2.75, 3.05) is 4.90 Å². The highest BCUT2D eigenvalue weighted by molar-refractivity contribution is 9.10. The highest BCUT2D eigenvalue weighted by atomic mass is 79.9. The number of carbonyl (C=O) groups excluding carboxylic acids is 3. The molecular formula is C31H19BrCl4N2O5. The van der Waals surface area contributed by atoms with Crippen LogP contribution < -0.4 is 19.7 Å². The zero-order valence-corrected chi connectivity index (χ0v) is 26.5. The van der Waals surface area contributed by atoms with Gasteiger partial charge in [0.05, 0.1) is 20.2 Å². The molecule has 4 aromatic carbocycles. The minimum Gasteiger partial charge on any atom is -0.489 e. The zero-order chi connectivity index (χ0) is 30.7. The fraction of sp³-hybridized carbons (Fsp3) is 0.0645. The van der Waals surface area contributed by atoms with Crippen molar-refractivity contribution in [1.82, 2.24) is 5.32 Å². The average molecular weight is 721 g/mol. The second-order valence-electron chi connectivity index (χ2n) is 9.20. The summed E-state index contributed by atoms with van der Waals surface area (Å²) in [5.74, 6) is -0.559. The SMILES string of the molecule is O=C1NC(=O)N(c2ccc(OCc3ccc(Cl)cc3Cl)cc2)C(=O)/C1=C/c1ccc(OCc2ccc(Cl)c(Cl)c2)c(Br)c1. The molecule has 4 aromatic rings. The van der Waals surface area contributed by atoms with Crippen LogP contribution in [-0.4, -0.2) is 17.8 Å². The van der Waals surface area contributed by atoms with Crippen LogP contribution >= 0.6 is 62.3 Å². The Hall–Kier alpha value is -3.53. The summed E-state index contributed by atoms with van der Waals surface area (Å²) in [5, 5.41) is 4.09. The number of nitrogens with zero attached hydrogens (tertiary/aromatic N) is 1. The standard InChI is InChI=1S/C31H19BrCl4N2O5/c32-24-12-17(2-10-28(24)43-15-18-1-9-25(34)27(36)13-18)11-23-29(39)37-31(41)38(30(23)40)21-5-7-22(8-6-21)42-16-19-3-4-20(33)14-26(19)35/h1-14H,15-16H2,(H,37,39,41)/b23-11+. The van der Waals surface area contributed by atoms with Crippen molar-refractivity contribution in [3.8, 4) is 11.5 Å². The fourth-order valence-electron chi connectivity index (χ4n) is 4.06. The van der Waals surface area contributed by atoms with Crippen molar-refractivity contribution in [2.24, 2.45) is 0 Å². The lowest BCUT2D eigenvalue weighted by Gasteiger charge is -2.26. The number of imide groups is 2. The molecule has 1 fully saturated rings. The molecule has 7 nitrogen and oxygen atoms in total. The molecule has 43 heavy (non-hydrogen) atoms. The molecule has 0 spiro atoms. The number of anilines is 1. The number of barbiturate groups is 1. The lowest BCUT2D eigenvalue weighted by molar-refractivity contribution is -0.122. The number of nitrogens with one attached hydrogen (secondary N) is 1. The van der Waals surface area contributed by atoms with Gasteiger partial charge < -0.3 is 9.47 Å². The molecule has 1 aliphatic heterocycles. The van der Waals surface area contributed by atoms with Gasteiger partial charge in [-0.25, -0.2) is 9.69 Å². The largest absolute Gasteiger partial charge is 0.489 e. The molecule has 0 bridgehead atoms. The van der Waals surface area contributed by atoms with E-state index in [2.05, 4.69) is 21.2 Å². The summed E-state index contributed by atoms with van der Waals surface area (Å²) in [6, 6.07) is 20.8. The van der Waals surface area contributed by atoms with Crippen LogP contribution in [0.25, 0.3) is 6.08 Å². The van der Waals surface area contributed by atoms with Crippen molar-refractivity contribution >= 4 is 91.9 Å². The Balaban J connectivity index is 1.28. The number of ether oxygens (including phenoxy) is 2. The van der Waals surface area contributed by atoms with Gasteiger partial charge in [0.15, 0.2) is 0 Å². The third kappa shape index (κ3) is 7.34. The third-order valence-corrected chi connectivity index (χ3v) is 8.20. The Labute approximate surface area is 275 Å². The molecule has 12 heteroatoms. The molecule has 0 saturated carbocycles. The number of hydrogen-bond donors (Lipinski definition) is 1. The maximum Gasteiger partial charge on any atom is 0.335 e. The van der Waals surface area contributed by atoms with Crippen LogP contribution in [0.15, 0.2) is 88.9 Å². The molecule has 5 rings (SSSR count). The molecule has 1 N–H and O–H groups in total. The Bertz CT molecular complexity index is 1780. The van der Waals surface area contributed by atoms with Gasteiger partial charge in [-0.15, -0.1) is 0 Å². The summed E-state index contributed by atoms with van der Waals surface area (Å²) < 4.78 is 12.2. The number of hydrogen-bond acceptors (Lipinski definition) is 5. The molecule has 1 heterocycles. The lowest BCUT2D eigenvalue weighted by Crippen LogP contribution is -2.54. The first-order valence-corrected chi connectivity index (χ1v) is 14.8. The topological polar surface area (TPSA) is 84.9 Å². The van der Waals surface area contributed by atoms with Crippen molar-refractivity contribution in [1.29, 1.82) is 0 Å². The minimum absolute atomic E-state index is 0.189. The van der Waals surface area contributed by atoms with Crippen molar-refractivity contribution in [3.05, 3.63) is 126 Å². The van der Waals surface area contributed by atoms with Crippen LogP contribution in [0.1, 0.15) is 16.7 Å². The fourth-order valence-corrected chi connectivity index (χ4v) is 5.36. The Morgan fingerprint density at radius 2 is 1.53 bits per heavy atom. The molecule has 0 unspecified atom stereocenters. The van der Waals surface area contributed by atoms with Gasteiger partial charge in [-0.2, -0.15) is 0 Å². The van der Waals surface area contributed by atoms with E-state index in [1.54, 1.807) is 78.9 Å². The first-order chi connectivity index (χ1) is 20.6. The Morgan fingerprint density at radius 1 is 0.767 bits per heavy atom. The maximum atomic E-state index is 13.3. The summed E-state index contributed by atoms with van der Waals surface area (Å²) in [7, 11) is 0. The molecular weight excluding hydrogens is 702 g/mol. The van der Waals surface area contributed by atoms with Gasteiger partial charge in [-0.1, -0.05) is 64.6 Å². The molecule has 0 aromatic heterocycles. The molecule has 0 radical (unpaired) electrons. The number of rotatable bonds is 8. The van der Waals surface area contributed by atoms with Gasteiger partial charge >= 0.3 is 6.03 Å². The summed E-state index contributed by atoms with van der Waals surface area (Å²) in [6.45, 7) is 0.432. The highest BCUT2D eigenvalue weighted by Gasteiger charge is 2.36. The van der Waals surface area contributed by atoms with E-state index in [-0.39, 0.29) is 24.5 Å². The molecule has 218 valence electrons. The predicted molar refractivity (Wildman–Crippen MR) is 171 cm³/mol. The molecule has 1 saturated heterocycles. The van der Waals surface area contributed by atoms with Gasteiger partial charge in [-0.05, 0) is 93.8 Å². The highest BCUT2D eigenvalue weighted by Crippen LogP contribution is 2.30.